The highest BCUT2D eigenvalue weighted by Crippen LogP contribution is 2.38. The standard InChI is InChI=1S/C22H26N2O/c1-17-5-4-6-18(13-17)16-24-11-9-22(10-12-24)14-19-7-2-3-8-20(19)15-23-21(22)25/h2-8,13H,9-12,14-16H2,1H3,(H,23,25). The molecule has 4 rings (SSSR count). The zero-order valence-electron chi connectivity index (χ0n) is 14.9. The number of benzene rings is 2. The average Bonchev–Trinajstić information content (AvgIpc) is 2.75. The number of nitrogens with zero attached hydrogens (tertiary/aromatic N) is 1. The Morgan fingerprint density at radius 1 is 1.04 bits per heavy atom. The first kappa shape index (κ1) is 16.3. The number of amides is 1. The lowest BCUT2D eigenvalue weighted by Crippen LogP contribution is -2.48. The number of fused-ring (bicyclic) bond motifs is 1. The van der Waals surface area contributed by atoms with Crippen molar-refractivity contribution < 1.29 is 4.79 Å². The number of rotatable bonds is 2. The summed E-state index contributed by atoms with van der Waals surface area (Å²) in [7, 11) is 0. The fourth-order valence-electron chi connectivity index (χ4n) is 4.32. The summed E-state index contributed by atoms with van der Waals surface area (Å²) >= 11 is 0. The van der Waals surface area contributed by atoms with Gasteiger partial charge < -0.3 is 5.32 Å². The van der Waals surface area contributed by atoms with E-state index in [1.54, 1.807) is 0 Å². The van der Waals surface area contributed by atoms with Crippen molar-refractivity contribution in [1.29, 1.82) is 0 Å². The molecular weight excluding hydrogens is 308 g/mol. The predicted molar refractivity (Wildman–Crippen MR) is 100 cm³/mol. The Bertz CT molecular complexity index is 775. The highest BCUT2D eigenvalue weighted by Gasteiger charge is 2.42. The first-order valence-electron chi connectivity index (χ1n) is 9.28. The van der Waals surface area contributed by atoms with Crippen LogP contribution in [0.15, 0.2) is 48.5 Å². The molecule has 2 aliphatic heterocycles. The molecule has 0 aromatic heterocycles. The Morgan fingerprint density at radius 2 is 1.80 bits per heavy atom. The second-order valence-electron chi connectivity index (χ2n) is 7.67. The van der Waals surface area contributed by atoms with Crippen LogP contribution in [-0.2, 0) is 24.3 Å². The lowest BCUT2D eigenvalue weighted by Gasteiger charge is -2.40. The van der Waals surface area contributed by atoms with Gasteiger partial charge in [0, 0.05) is 13.1 Å². The van der Waals surface area contributed by atoms with E-state index < -0.39 is 0 Å². The van der Waals surface area contributed by atoms with Crippen LogP contribution in [0.4, 0.5) is 0 Å². The molecule has 1 N–H and O–H groups in total. The number of carbonyl (C=O) groups excluding carboxylic acids is 1. The zero-order valence-corrected chi connectivity index (χ0v) is 14.9. The molecule has 0 atom stereocenters. The highest BCUT2D eigenvalue weighted by atomic mass is 16.2. The maximum absolute atomic E-state index is 12.8. The minimum atomic E-state index is -0.226. The van der Waals surface area contributed by atoms with E-state index in [-0.39, 0.29) is 11.3 Å². The summed E-state index contributed by atoms with van der Waals surface area (Å²) in [5, 5.41) is 3.18. The summed E-state index contributed by atoms with van der Waals surface area (Å²) in [6, 6.07) is 17.2. The SMILES string of the molecule is Cc1cccc(CN2CCC3(CC2)Cc2ccccc2CNC3=O)c1. The van der Waals surface area contributed by atoms with Crippen molar-refractivity contribution in [3.63, 3.8) is 0 Å². The van der Waals surface area contributed by atoms with Gasteiger partial charge in [0.25, 0.3) is 0 Å². The predicted octanol–water partition coefficient (Wildman–Crippen LogP) is 3.45. The summed E-state index contributed by atoms with van der Waals surface area (Å²) < 4.78 is 0. The summed E-state index contributed by atoms with van der Waals surface area (Å²) in [4.78, 5) is 15.3. The van der Waals surface area contributed by atoms with E-state index in [9.17, 15) is 4.79 Å². The Kier molecular flexibility index (Phi) is 4.34. The number of aryl methyl sites for hydroxylation is 1. The maximum atomic E-state index is 12.8. The van der Waals surface area contributed by atoms with Crippen LogP contribution in [0.2, 0.25) is 0 Å². The van der Waals surface area contributed by atoms with Crippen molar-refractivity contribution in [3.05, 3.63) is 70.8 Å². The van der Waals surface area contributed by atoms with Crippen LogP contribution >= 0.6 is 0 Å². The minimum absolute atomic E-state index is 0.226. The van der Waals surface area contributed by atoms with Crippen LogP contribution in [0.1, 0.15) is 35.1 Å². The first-order valence-corrected chi connectivity index (χ1v) is 9.28. The van der Waals surface area contributed by atoms with Crippen molar-refractivity contribution in [2.75, 3.05) is 13.1 Å². The van der Waals surface area contributed by atoms with E-state index in [4.69, 9.17) is 0 Å². The molecule has 3 heteroatoms. The highest BCUT2D eigenvalue weighted by molar-refractivity contribution is 5.83. The van der Waals surface area contributed by atoms with Crippen molar-refractivity contribution in [3.8, 4) is 0 Å². The second-order valence-corrected chi connectivity index (χ2v) is 7.67. The van der Waals surface area contributed by atoms with Gasteiger partial charge in [0.15, 0.2) is 0 Å². The van der Waals surface area contributed by atoms with Gasteiger partial charge in [0.1, 0.15) is 0 Å². The molecular formula is C22H26N2O. The lowest BCUT2D eigenvalue weighted by molar-refractivity contribution is -0.133. The molecule has 3 nitrogen and oxygen atoms in total. The lowest BCUT2D eigenvalue weighted by atomic mass is 9.73. The van der Waals surface area contributed by atoms with E-state index in [1.165, 1.54) is 22.3 Å². The molecule has 1 spiro atoms. The largest absolute Gasteiger partial charge is 0.352 e. The number of nitrogens with one attached hydrogen (secondary N) is 1. The Hall–Kier alpha value is -2.13. The van der Waals surface area contributed by atoms with Gasteiger partial charge >= 0.3 is 0 Å². The second kappa shape index (κ2) is 6.64. The van der Waals surface area contributed by atoms with Crippen LogP contribution in [0.5, 0.6) is 0 Å². The number of hydrogen-bond donors (Lipinski definition) is 1. The van der Waals surface area contributed by atoms with Gasteiger partial charge in [-0.05, 0) is 56.0 Å². The number of hydrogen-bond acceptors (Lipinski definition) is 2. The molecule has 130 valence electrons. The molecule has 0 radical (unpaired) electrons. The van der Waals surface area contributed by atoms with Crippen molar-refractivity contribution in [1.82, 2.24) is 10.2 Å². The minimum Gasteiger partial charge on any atom is -0.352 e. The molecule has 2 aromatic rings. The van der Waals surface area contributed by atoms with Gasteiger partial charge in [-0.2, -0.15) is 0 Å². The van der Waals surface area contributed by atoms with Gasteiger partial charge in [0.2, 0.25) is 5.91 Å². The summed E-state index contributed by atoms with van der Waals surface area (Å²) in [5.41, 5.74) is 5.07. The molecule has 1 fully saturated rings. The first-order chi connectivity index (χ1) is 12.1. The van der Waals surface area contributed by atoms with Gasteiger partial charge in [0.05, 0.1) is 5.41 Å². The molecule has 0 unspecified atom stereocenters. The molecule has 2 heterocycles. The number of piperidine rings is 1. The monoisotopic (exact) mass is 334 g/mol. The molecule has 1 amide bonds. The van der Waals surface area contributed by atoms with Crippen molar-refractivity contribution in [2.24, 2.45) is 5.41 Å². The third-order valence-electron chi connectivity index (χ3n) is 5.87. The fraction of sp³-hybridized carbons (Fsp3) is 0.409. The van der Waals surface area contributed by atoms with Crippen LogP contribution in [-0.4, -0.2) is 23.9 Å². The van der Waals surface area contributed by atoms with Crippen molar-refractivity contribution >= 4 is 5.91 Å². The van der Waals surface area contributed by atoms with Crippen LogP contribution in [0.25, 0.3) is 0 Å². The summed E-state index contributed by atoms with van der Waals surface area (Å²) in [6.07, 6.45) is 2.77. The molecule has 1 saturated heterocycles. The summed E-state index contributed by atoms with van der Waals surface area (Å²) in [6.45, 7) is 5.77. The van der Waals surface area contributed by atoms with Crippen LogP contribution in [0.3, 0.4) is 0 Å². The zero-order chi connectivity index (χ0) is 17.3. The van der Waals surface area contributed by atoms with E-state index >= 15 is 0 Å². The number of likely N-dealkylation sites (tertiary alicyclic amines) is 1. The molecule has 2 aliphatic rings. The van der Waals surface area contributed by atoms with Crippen LogP contribution in [0, 0.1) is 12.3 Å². The quantitative estimate of drug-likeness (QED) is 0.912. The Morgan fingerprint density at radius 3 is 2.56 bits per heavy atom. The van der Waals surface area contributed by atoms with E-state index in [0.29, 0.717) is 6.54 Å². The van der Waals surface area contributed by atoms with Gasteiger partial charge in [-0.25, -0.2) is 0 Å². The average molecular weight is 334 g/mol. The summed E-state index contributed by atoms with van der Waals surface area (Å²) in [5.74, 6) is 0.249. The smallest absolute Gasteiger partial charge is 0.226 e. The van der Waals surface area contributed by atoms with Gasteiger partial charge in [-0.3, -0.25) is 9.69 Å². The third kappa shape index (κ3) is 3.34. The topological polar surface area (TPSA) is 32.3 Å². The van der Waals surface area contributed by atoms with E-state index in [2.05, 4.69) is 65.7 Å². The van der Waals surface area contributed by atoms with E-state index in [1.807, 2.05) is 0 Å². The molecule has 2 aromatic carbocycles. The Labute approximate surface area is 150 Å². The number of carbonyl (C=O) groups is 1. The molecule has 0 aliphatic carbocycles. The molecule has 0 saturated carbocycles. The fourth-order valence-corrected chi connectivity index (χ4v) is 4.32. The third-order valence-corrected chi connectivity index (χ3v) is 5.87. The van der Waals surface area contributed by atoms with E-state index in [0.717, 1.165) is 38.9 Å². The van der Waals surface area contributed by atoms with Crippen LogP contribution < -0.4 is 5.32 Å². The Balaban J connectivity index is 1.47. The maximum Gasteiger partial charge on any atom is 0.226 e. The van der Waals surface area contributed by atoms with Gasteiger partial charge in [-0.15, -0.1) is 0 Å². The van der Waals surface area contributed by atoms with Crippen molar-refractivity contribution in [2.45, 2.75) is 39.3 Å². The normalized spacial score (nSPS) is 20.0. The molecule has 25 heavy (non-hydrogen) atoms. The van der Waals surface area contributed by atoms with Gasteiger partial charge in [-0.1, -0.05) is 54.1 Å². The molecule has 0 bridgehead atoms.